The van der Waals surface area contributed by atoms with Crippen LogP contribution in [0.3, 0.4) is 0 Å². The largest absolute Gasteiger partial charge is 0.497 e. The third kappa shape index (κ3) is 9.94. The van der Waals surface area contributed by atoms with Gasteiger partial charge in [0.1, 0.15) is 22.9 Å². The molecule has 0 spiro atoms. The molecule has 12 heteroatoms. The van der Waals surface area contributed by atoms with E-state index in [9.17, 15) is 9.59 Å². The maximum atomic E-state index is 15.4. The number of esters is 1. The third-order valence-electron chi connectivity index (χ3n) is 10.8. The Hall–Kier alpha value is -5.85. The molecular formula is C48H56N2O10. The Morgan fingerprint density at radius 2 is 1.42 bits per heavy atom. The van der Waals surface area contributed by atoms with Crippen LogP contribution in [0.2, 0.25) is 0 Å². The van der Waals surface area contributed by atoms with E-state index < -0.39 is 29.2 Å². The minimum absolute atomic E-state index is 0.00761. The number of benzene rings is 4. The molecule has 0 fully saturated rings. The van der Waals surface area contributed by atoms with E-state index in [4.69, 9.17) is 33.2 Å². The van der Waals surface area contributed by atoms with Crippen molar-refractivity contribution in [2.24, 2.45) is 5.41 Å². The van der Waals surface area contributed by atoms with Gasteiger partial charge in [-0.25, -0.2) is 4.79 Å². The topological polar surface area (TPSA) is 124 Å². The SMILES string of the molecule is COC(=O)[C@]1(CCCN(CCOCc2ccccc2)C(=O)OC(C)(C)C)C[C@H](OCc2ccc(OC)cc2)c2c(c3cc(OC)c(OC)cc3n2Cc2ccccc2)C1=O. The third-order valence-corrected chi connectivity index (χ3v) is 10.8. The lowest BCUT2D eigenvalue weighted by Gasteiger charge is -2.38. The van der Waals surface area contributed by atoms with Gasteiger partial charge in [0.25, 0.3) is 0 Å². The van der Waals surface area contributed by atoms with Gasteiger partial charge in [0.15, 0.2) is 17.3 Å². The van der Waals surface area contributed by atoms with Gasteiger partial charge >= 0.3 is 12.1 Å². The second-order valence-corrected chi connectivity index (χ2v) is 15.9. The molecule has 0 aliphatic heterocycles. The monoisotopic (exact) mass is 820 g/mol. The molecule has 2 atom stereocenters. The highest BCUT2D eigenvalue weighted by Crippen LogP contribution is 2.51. The molecule has 1 aliphatic rings. The molecule has 12 nitrogen and oxygen atoms in total. The van der Waals surface area contributed by atoms with Crippen LogP contribution < -0.4 is 14.2 Å². The average molecular weight is 821 g/mol. The molecule has 0 N–H and O–H groups in total. The van der Waals surface area contributed by atoms with Gasteiger partial charge in [-0.05, 0) is 68.5 Å². The number of nitrogens with zero attached hydrogens (tertiary/aromatic N) is 2. The summed E-state index contributed by atoms with van der Waals surface area (Å²) in [5.74, 6) is 0.586. The first-order valence-corrected chi connectivity index (χ1v) is 20.2. The van der Waals surface area contributed by atoms with E-state index in [1.165, 1.54) is 7.11 Å². The number of carbonyl (C=O) groups is 3. The van der Waals surface area contributed by atoms with E-state index in [2.05, 4.69) is 4.57 Å². The van der Waals surface area contributed by atoms with Crippen LogP contribution in [-0.2, 0) is 43.5 Å². The van der Waals surface area contributed by atoms with Crippen molar-refractivity contribution in [1.29, 1.82) is 0 Å². The molecule has 0 radical (unpaired) electrons. The van der Waals surface area contributed by atoms with Crippen molar-refractivity contribution in [1.82, 2.24) is 9.47 Å². The second-order valence-electron chi connectivity index (χ2n) is 15.9. The predicted molar refractivity (Wildman–Crippen MR) is 228 cm³/mol. The number of rotatable bonds is 18. The fourth-order valence-corrected chi connectivity index (χ4v) is 7.83. The van der Waals surface area contributed by atoms with Crippen molar-refractivity contribution >= 4 is 28.7 Å². The van der Waals surface area contributed by atoms with Crippen LogP contribution in [0.5, 0.6) is 17.2 Å². The number of ether oxygens (including phenoxy) is 7. The van der Waals surface area contributed by atoms with Gasteiger partial charge in [-0.1, -0.05) is 72.8 Å². The number of hydrogen-bond acceptors (Lipinski definition) is 10. The molecule has 0 unspecified atom stereocenters. The van der Waals surface area contributed by atoms with Crippen LogP contribution in [0.25, 0.3) is 10.9 Å². The zero-order valence-electron chi connectivity index (χ0n) is 35.7. The van der Waals surface area contributed by atoms with Gasteiger partial charge in [0.05, 0.1) is 65.0 Å². The molecular weight excluding hydrogens is 765 g/mol. The summed E-state index contributed by atoms with van der Waals surface area (Å²) in [5.41, 5.74) is 2.23. The van der Waals surface area contributed by atoms with Crippen molar-refractivity contribution in [3.63, 3.8) is 0 Å². The lowest BCUT2D eigenvalue weighted by molar-refractivity contribution is -0.153. The molecule has 1 amide bonds. The van der Waals surface area contributed by atoms with E-state index in [1.54, 1.807) is 32.3 Å². The number of hydrogen-bond donors (Lipinski definition) is 0. The lowest BCUT2D eigenvalue weighted by atomic mass is 9.67. The Bertz CT molecular complexity index is 2230. The summed E-state index contributed by atoms with van der Waals surface area (Å²) in [5, 5.41) is 0.598. The number of aromatic nitrogens is 1. The van der Waals surface area contributed by atoms with Crippen LogP contribution in [-0.4, -0.2) is 81.0 Å². The highest BCUT2D eigenvalue weighted by atomic mass is 16.6. The first-order chi connectivity index (χ1) is 28.9. The smallest absolute Gasteiger partial charge is 0.410 e. The number of Topliss-reactive ketones (excluding diaryl/α,β-unsaturated/α-hetero) is 1. The normalized spacial score (nSPS) is 16.2. The lowest BCUT2D eigenvalue weighted by Crippen LogP contribution is -2.46. The Balaban J connectivity index is 1.39. The number of amides is 1. The summed E-state index contributed by atoms with van der Waals surface area (Å²) < 4.78 is 43.0. The van der Waals surface area contributed by atoms with E-state index >= 15 is 4.79 Å². The molecule has 4 aromatic carbocycles. The molecule has 0 saturated heterocycles. The van der Waals surface area contributed by atoms with Gasteiger partial charge < -0.3 is 42.6 Å². The van der Waals surface area contributed by atoms with Gasteiger partial charge in [-0.2, -0.15) is 0 Å². The van der Waals surface area contributed by atoms with Crippen LogP contribution in [0.1, 0.15) is 78.9 Å². The minimum Gasteiger partial charge on any atom is -0.497 e. The Morgan fingerprint density at radius 1 is 0.783 bits per heavy atom. The molecule has 0 bridgehead atoms. The number of fused-ring (bicyclic) bond motifs is 3. The molecule has 60 heavy (non-hydrogen) atoms. The predicted octanol–water partition coefficient (Wildman–Crippen LogP) is 8.95. The Kier molecular flexibility index (Phi) is 14.2. The molecule has 1 aliphatic carbocycles. The van der Waals surface area contributed by atoms with Crippen LogP contribution in [0, 0.1) is 5.41 Å². The summed E-state index contributed by atoms with van der Waals surface area (Å²) in [4.78, 5) is 44.9. The summed E-state index contributed by atoms with van der Waals surface area (Å²) >= 11 is 0. The number of ketones is 1. The maximum absolute atomic E-state index is 15.4. The van der Waals surface area contributed by atoms with E-state index in [1.807, 2.05) is 112 Å². The van der Waals surface area contributed by atoms with Crippen LogP contribution in [0.4, 0.5) is 4.79 Å². The maximum Gasteiger partial charge on any atom is 0.410 e. The van der Waals surface area contributed by atoms with Gasteiger partial charge in [0, 0.05) is 37.5 Å². The van der Waals surface area contributed by atoms with Gasteiger partial charge in [-0.3, -0.25) is 9.59 Å². The van der Waals surface area contributed by atoms with E-state index in [0.29, 0.717) is 47.0 Å². The first kappa shape index (κ1) is 43.7. The first-order valence-electron chi connectivity index (χ1n) is 20.2. The number of methoxy groups -OCH3 is 4. The Labute approximate surface area is 352 Å². The van der Waals surface area contributed by atoms with Crippen molar-refractivity contribution in [2.75, 3.05) is 48.1 Å². The van der Waals surface area contributed by atoms with Crippen molar-refractivity contribution in [3.05, 3.63) is 125 Å². The zero-order valence-corrected chi connectivity index (χ0v) is 35.7. The standard InChI is InChI=1S/C48H56N2O10/c1-47(2,3)60-46(53)49(25-26-58-31-34-17-12-9-13-18-34)24-14-23-48(45(52)57-7)29-41(59-32-35-19-21-36(54-4)22-20-35)43-42(44(48)51)37-27-39(55-5)40(56-6)28-38(37)50(43)30-33-15-10-8-11-16-33/h8-13,15-22,27-28,41H,14,23-26,29-32H2,1-7H3/t41-,48+/m0/s1. The molecule has 5 aromatic rings. The zero-order chi connectivity index (χ0) is 42.9. The Morgan fingerprint density at radius 3 is 2.03 bits per heavy atom. The fourth-order valence-electron chi connectivity index (χ4n) is 7.83. The fraction of sp³-hybridized carbons (Fsp3) is 0.396. The summed E-state index contributed by atoms with van der Waals surface area (Å²) in [6, 6.07) is 31.0. The van der Waals surface area contributed by atoms with Crippen molar-refractivity contribution in [3.8, 4) is 17.2 Å². The highest BCUT2D eigenvalue weighted by molar-refractivity contribution is 6.20. The average Bonchev–Trinajstić information content (AvgIpc) is 3.56. The van der Waals surface area contributed by atoms with Gasteiger partial charge in [0.2, 0.25) is 0 Å². The molecule has 318 valence electrons. The van der Waals surface area contributed by atoms with Crippen molar-refractivity contribution < 1.29 is 47.5 Å². The minimum atomic E-state index is -1.66. The van der Waals surface area contributed by atoms with Crippen LogP contribution in [0.15, 0.2) is 97.1 Å². The van der Waals surface area contributed by atoms with Crippen molar-refractivity contribution in [2.45, 2.75) is 71.5 Å². The molecule has 0 saturated carbocycles. The number of carbonyl (C=O) groups excluding carboxylic acids is 3. The molecule has 1 heterocycles. The summed E-state index contributed by atoms with van der Waals surface area (Å²) in [6.45, 7) is 7.12. The summed E-state index contributed by atoms with van der Waals surface area (Å²) in [7, 11) is 6.02. The van der Waals surface area contributed by atoms with E-state index in [0.717, 1.165) is 22.2 Å². The molecule has 1 aromatic heterocycles. The van der Waals surface area contributed by atoms with E-state index in [-0.39, 0.29) is 51.3 Å². The van der Waals surface area contributed by atoms with Gasteiger partial charge in [-0.15, -0.1) is 0 Å². The highest BCUT2D eigenvalue weighted by Gasteiger charge is 2.55. The molecule has 6 rings (SSSR count). The second kappa shape index (κ2) is 19.5. The summed E-state index contributed by atoms with van der Waals surface area (Å²) in [6.07, 6.45) is -0.892. The van der Waals surface area contributed by atoms with Crippen LogP contribution >= 0.6 is 0 Å². The quantitative estimate of drug-likeness (QED) is 0.0481.